The first kappa shape index (κ1) is 4.48. The maximum Gasteiger partial charge on any atom is -0.0312 e. The molecule has 6 rings (SSSR count). The molecule has 0 saturated heterocycles. The molecule has 6 aliphatic rings. The Bertz CT molecular complexity index is 186. The van der Waals surface area contributed by atoms with Crippen LogP contribution < -0.4 is 0 Å². The molecule has 0 nitrogen and oxygen atoms in total. The Kier molecular flexibility index (Phi) is 0.317. The quantitative estimate of drug-likeness (QED) is 0.466. The van der Waals surface area contributed by atoms with Crippen molar-refractivity contribution in [1.82, 2.24) is 0 Å². The van der Waals surface area contributed by atoms with Crippen molar-refractivity contribution in [3.05, 3.63) is 0 Å². The van der Waals surface area contributed by atoms with E-state index in [2.05, 4.69) is 0 Å². The zero-order valence-electron chi connectivity index (χ0n) is 6.93. The molecule has 6 aliphatic carbocycles. The van der Waals surface area contributed by atoms with Gasteiger partial charge in [-0.15, -0.1) is 0 Å². The molecule has 0 N–H and O–H groups in total. The second-order valence-electron chi connectivity index (χ2n) is 6.93. The summed E-state index contributed by atoms with van der Waals surface area (Å²) < 4.78 is 0. The van der Waals surface area contributed by atoms with Gasteiger partial charge in [-0.3, -0.25) is 0 Å². The van der Waals surface area contributed by atoms with Gasteiger partial charge in [0, 0.05) is 0 Å². The summed E-state index contributed by atoms with van der Waals surface area (Å²) in [4.78, 5) is 0. The molecule has 0 aromatic rings. The van der Waals surface area contributed by atoms with Gasteiger partial charge >= 0.3 is 0 Å². The molecular weight excluding hydrogens is 144 g/mol. The fourth-order valence-electron chi connectivity index (χ4n) is 8.36. The molecule has 0 unspecified atom stereocenters. The van der Waals surface area contributed by atoms with Gasteiger partial charge in [0.2, 0.25) is 0 Å². The molecule has 0 heterocycles. The zero-order valence-corrected chi connectivity index (χ0v) is 6.93. The molecule has 0 amide bonds. The van der Waals surface area contributed by atoms with Crippen LogP contribution in [0.5, 0.6) is 0 Å². The first-order valence-corrected chi connectivity index (χ1v) is 6.00. The fraction of sp³-hybridized carbons (Fsp3) is 1.00. The highest BCUT2D eigenvalue weighted by Crippen LogP contribution is 3.01. The Morgan fingerprint density at radius 1 is 0.167 bits per heavy atom. The molecule has 0 atom stereocenters. The van der Waals surface area contributed by atoms with Crippen LogP contribution in [0.1, 0.15) is 0 Å². The van der Waals surface area contributed by atoms with E-state index < -0.39 is 0 Å². The third kappa shape index (κ3) is 0.156. The predicted molar refractivity (Wildman–Crippen MR) is 41.9 cm³/mol. The lowest BCUT2D eigenvalue weighted by atomic mass is 9.01. The van der Waals surface area contributed by atoms with Crippen molar-refractivity contribution in [3.63, 3.8) is 0 Å². The van der Waals surface area contributed by atoms with Crippen molar-refractivity contribution in [3.8, 4) is 0 Å². The third-order valence-corrected chi connectivity index (χ3v) is 8.00. The molecular formula is C12H12. The summed E-state index contributed by atoms with van der Waals surface area (Å²) in [5, 5.41) is 0. The van der Waals surface area contributed by atoms with Gasteiger partial charge < -0.3 is 0 Å². The van der Waals surface area contributed by atoms with Gasteiger partial charge in [0.05, 0.1) is 0 Å². The number of rotatable bonds is 0. The van der Waals surface area contributed by atoms with Gasteiger partial charge in [0.1, 0.15) is 0 Å². The third-order valence-electron chi connectivity index (χ3n) is 8.00. The fourth-order valence-corrected chi connectivity index (χ4v) is 8.36. The minimum atomic E-state index is 1.33. The van der Waals surface area contributed by atoms with E-state index in [4.69, 9.17) is 0 Å². The molecule has 0 spiro atoms. The van der Waals surface area contributed by atoms with Crippen molar-refractivity contribution >= 4 is 0 Å². The lowest BCUT2D eigenvalue weighted by Gasteiger charge is -3.03. The summed E-state index contributed by atoms with van der Waals surface area (Å²) in [6, 6.07) is 0. The Morgan fingerprint density at radius 3 is 0.333 bits per heavy atom. The largest absolute Gasteiger partial charge is 0.0312 e. The van der Waals surface area contributed by atoms with Crippen LogP contribution >= 0.6 is 0 Å². The van der Waals surface area contributed by atoms with Crippen molar-refractivity contribution in [2.24, 2.45) is 71.0 Å². The maximum atomic E-state index is 1.33. The summed E-state index contributed by atoms with van der Waals surface area (Å²) in [6.07, 6.45) is 0. The van der Waals surface area contributed by atoms with Crippen LogP contribution in [0.15, 0.2) is 0 Å². The van der Waals surface area contributed by atoms with Crippen LogP contribution in [0.25, 0.3) is 0 Å². The molecule has 0 bridgehead atoms. The molecule has 0 aromatic heterocycles. The SMILES string of the molecule is C12C3C4C1C1C4C4C5C3C2C5C14. The first-order valence-electron chi connectivity index (χ1n) is 6.00. The summed E-state index contributed by atoms with van der Waals surface area (Å²) in [7, 11) is 0. The summed E-state index contributed by atoms with van der Waals surface area (Å²) in [5.41, 5.74) is 0. The van der Waals surface area contributed by atoms with Crippen LogP contribution in [0.2, 0.25) is 0 Å². The smallest absolute Gasteiger partial charge is 0.0312 e. The highest BCUT2D eigenvalue weighted by atomic mass is 15.0. The van der Waals surface area contributed by atoms with Gasteiger partial charge in [-0.05, 0) is 71.0 Å². The average Bonchev–Trinajstić information content (AvgIpc) is 1.69. The van der Waals surface area contributed by atoms with Crippen LogP contribution in [0.4, 0.5) is 0 Å². The normalized spacial score (nSPS) is 108. The van der Waals surface area contributed by atoms with Crippen LogP contribution in [-0.4, -0.2) is 0 Å². The van der Waals surface area contributed by atoms with E-state index in [1.807, 2.05) is 0 Å². The van der Waals surface area contributed by atoms with Crippen molar-refractivity contribution in [2.75, 3.05) is 0 Å². The topological polar surface area (TPSA) is 0 Å². The summed E-state index contributed by atoms with van der Waals surface area (Å²) >= 11 is 0. The van der Waals surface area contributed by atoms with E-state index in [-0.39, 0.29) is 0 Å². The molecule has 0 heteroatoms. The predicted octanol–water partition coefficient (Wildman–Crippen LogP) is 1.48. The Labute approximate surface area is 71.7 Å². The molecule has 6 saturated carbocycles. The number of hydrogen-bond donors (Lipinski definition) is 0. The van der Waals surface area contributed by atoms with Crippen LogP contribution in [0.3, 0.4) is 0 Å². The summed E-state index contributed by atoms with van der Waals surface area (Å²) in [5.74, 6) is 16.0. The molecule has 6 fully saturated rings. The molecule has 0 aliphatic heterocycles. The van der Waals surface area contributed by atoms with E-state index in [0.717, 1.165) is 0 Å². The molecule has 0 radical (unpaired) electrons. The van der Waals surface area contributed by atoms with E-state index in [1.54, 1.807) is 0 Å². The van der Waals surface area contributed by atoms with Gasteiger partial charge in [0.25, 0.3) is 0 Å². The van der Waals surface area contributed by atoms with Crippen LogP contribution in [-0.2, 0) is 0 Å². The lowest BCUT2D eigenvalue weighted by Crippen LogP contribution is -3.00. The van der Waals surface area contributed by atoms with Crippen LogP contribution in [0, 0.1) is 71.0 Å². The first-order chi connectivity index (χ1) is 6.00. The highest BCUT2D eigenvalue weighted by molar-refractivity contribution is 5.44. The van der Waals surface area contributed by atoms with Crippen molar-refractivity contribution < 1.29 is 0 Å². The van der Waals surface area contributed by atoms with E-state index in [9.17, 15) is 0 Å². The minimum Gasteiger partial charge on any atom is -0.0312 e. The zero-order chi connectivity index (χ0) is 6.93. The average molecular weight is 156 g/mol. The van der Waals surface area contributed by atoms with Crippen molar-refractivity contribution in [1.29, 1.82) is 0 Å². The number of fused-ring (bicyclic) bond motifs is 18. The lowest BCUT2D eigenvalue weighted by molar-refractivity contribution is -0.565. The molecule has 0 aromatic carbocycles. The molecule has 12 heavy (non-hydrogen) atoms. The van der Waals surface area contributed by atoms with E-state index in [0.29, 0.717) is 0 Å². The van der Waals surface area contributed by atoms with Gasteiger partial charge in [-0.2, -0.15) is 0 Å². The Morgan fingerprint density at radius 2 is 0.250 bits per heavy atom. The second-order valence-corrected chi connectivity index (χ2v) is 6.93. The van der Waals surface area contributed by atoms with E-state index in [1.165, 1.54) is 71.0 Å². The highest BCUT2D eigenvalue weighted by Gasteiger charge is 2.98. The van der Waals surface area contributed by atoms with Gasteiger partial charge in [0.15, 0.2) is 0 Å². The second kappa shape index (κ2) is 0.849. The summed E-state index contributed by atoms with van der Waals surface area (Å²) in [6.45, 7) is 0. The Hall–Kier alpha value is 0. The monoisotopic (exact) mass is 156 g/mol. The number of hydrogen-bond acceptors (Lipinski definition) is 0. The minimum absolute atomic E-state index is 1.33. The maximum absolute atomic E-state index is 1.33. The van der Waals surface area contributed by atoms with Gasteiger partial charge in [-0.25, -0.2) is 0 Å². The van der Waals surface area contributed by atoms with Crippen molar-refractivity contribution in [2.45, 2.75) is 0 Å². The molecule has 60 valence electrons. The van der Waals surface area contributed by atoms with E-state index >= 15 is 0 Å². The Balaban J connectivity index is 1.69. The standard InChI is InChI=1S/C12H12/c1-2-5-3(1)7-9(5)12-10-6(2)4(1)8(10)11(7)12/h1-12H. The van der Waals surface area contributed by atoms with Gasteiger partial charge in [-0.1, -0.05) is 0 Å².